The van der Waals surface area contributed by atoms with Crippen molar-refractivity contribution in [3.8, 4) is 0 Å². The van der Waals surface area contributed by atoms with E-state index >= 15 is 0 Å². The van der Waals surface area contributed by atoms with E-state index in [-0.39, 0.29) is 0 Å². The normalized spacial score (nSPS) is 30.5. The van der Waals surface area contributed by atoms with Gasteiger partial charge in [-0.25, -0.2) is 0 Å². The Morgan fingerprint density at radius 3 is 2.80 bits per heavy atom. The zero-order chi connectivity index (χ0) is 10.9. The quantitative estimate of drug-likeness (QED) is 0.693. The van der Waals surface area contributed by atoms with E-state index in [9.17, 15) is 5.11 Å². The summed E-state index contributed by atoms with van der Waals surface area (Å²) in [7, 11) is 0. The molecule has 1 aromatic carbocycles. The van der Waals surface area contributed by atoms with Gasteiger partial charge in [-0.3, -0.25) is 0 Å². The lowest BCUT2D eigenvalue weighted by Crippen LogP contribution is -2.26. The predicted molar refractivity (Wildman–Crippen MR) is 62.6 cm³/mol. The molecule has 1 N–H and O–H groups in total. The van der Waals surface area contributed by atoms with Crippen LogP contribution in [0.5, 0.6) is 0 Å². The number of rotatable bonds is 1. The molecule has 0 heterocycles. The number of allylic oxidation sites excluding steroid dienone is 1. The molecule has 0 amide bonds. The van der Waals surface area contributed by atoms with Crippen LogP contribution in [0.4, 0.5) is 0 Å². The van der Waals surface area contributed by atoms with Gasteiger partial charge in [0.15, 0.2) is 0 Å². The molecule has 0 aliphatic heterocycles. The summed E-state index contributed by atoms with van der Waals surface area (Å²) in [5.74, 6) is 0.593. The van der Waals surface area contributed by atoms with E-state index in [0.717, 1.165) is 18.4 Å². The van der Waals surface area contributed by atoms with E-state index in [4.69, 9.17) is 0 Å². The van der Waals surface area contributed by atoms with Crippen LogP contribution in [0.1, 0.15) is 30.9 Å². The molecule has 0 saturated carbocycles. The van der Waals surface area contributed by atoms with Crippen molar-refractivity contribution in [2.75, 3.05) is 0 Å². The van der Waals surface area contributed by atoms with Crippen LogP contribution in [0.15, 0.2) is 36.4 Å². The summed E-state index contributed by atoms with van der Waals surface area (Å²) in [5, 5.41) is 10.5. The smallest absolute Gasteiger partial charge is 0.108 e. The first-order valence-electron chi connectivity index (χ1n) is 5.59. The highest BCUT2D eigenvalue weighted by Crippen LogP contribution is 2.34. The van der Waals surface area contributed by atoms with Crippen LogP contribution in [-0.4, -0.2) is 5.11 Å². The molecule has 15 heavy (non-hydrogen) atoms. The van der Waals surface area contributed by atoms with Gasteiger partial charge in [0.25, 0.3) is 0 Å². The molecular formula is C14H18O. The molecule has 2 rings (SSSR count). The Balaban J connectivity index is 2.34. The van der Waals surface area contributed by atoms with Gasteiger partial charge in [-0.2, -0.15) is 0 Å². The van der Waals surface area contributed by atoms with Gasteiger partial charge in [0.05, 0.1) is 0 Å². The fourth-order valence-corrected chi connectivity index (χ4v) is 2.11. The molecule has 0 saturated heterocycles. The van der Waals surface area contributed by atoms with Gasteiger partial charge >= 0.3 is 0 Å². The van der Waals surface area contributed by atoms with Crippen molar-refractivity contribution >= 4 is 0 Å². The predicted octanol–water partition coefficient (Wildman–Crippen LogP) is 3.17. The molecule has 0 radical (unpaired) electrons. The first-order valence-corrected chi connectivity index (χ1v) is 5.59. The highest BCUT2D eigenvalue weighted by Gasteiger charge is 2.29. The molecule has 0 bridgehead atoms. The summed E-state index contributed by atoms with van der Waals surface area (Å²) in [6.07, 6.45) is 5.96. The maximum atomic E-state index is 10.5. The zero-order valence-electron chi connectivity index (χ0n) is 9.40. The maximum absolute atomic E-state index is 10.5. The topological polar surface area (TPSA) is 20.2 Å². The molecule has 0 aromatic heterocycles. The minimum Gasteiger partial charge on any atom is -0.381 e. The van der Waals surface area contributed by atoms with Crippen molar-refractivity contribution in [1.29, 1.82) is 0 Å². The minimum atomic E-state index is -0.738. The second kappa shape index (κ2) is 3.82. The first-order chi connectivity index (χ1) is 7.10. The van der Waals surface area contributed by atoms with E-state index in [1.54, 1.807) is 0 Å². The lowest BCUT2D eigenvalue weighted by atomic mass is 9.81. The highest BCUT2D eigenvalue weighted by molar-refractivity contribution is 5.32. The summed E-state index contributed by atoms with van der Waals surface area (Å²) in [4.78, 5) is 0. The van der Waals surface area contributed by atoms with Crippen LogP contribution >= 0.6 is 0 Å². The zero-order valence-corrected chi connectivity index (χ0v) is 9.40. The van der Waals surface area contributed by atoms with Gasteiger partial charge in [0.1, 0.15) is 5.60 Å². The Bertz CT molecular complexity index is 381. The van der Waals surface area contributed by atoms with Gasteiger partial charge < -0.3 is 5.11 Å². The van der Waals surface area contributed by atoms with Crippen molar-refractivity contribution in [2.24, 2.45) is 5.92 Å². The molecular weight excluding hydrogens is 184 g/mol. The molecule has 2 unspecified atom stereocenters. The van der Waals surface area contributed by atoms with Crippen LogP contribution < -0.4 is 0 Å². The molecule has 1 aliphatic carbocycles. The number of aryl methyl sites for hydroxylation is 1. The van der Waals surface area contributed by atoms with Gasteiger partial charge in [-0.1, -0.05) is 48.9 Å². The van der Waals surface area contributed by atoms with Crippen LogP contribution in [0.3, 0.4) is 0 Å². The Labute approximate surface area is 91.4 Å². The minimum absolute atomic E-state index is 0.593. The Morgan fingerprint density at radius 2 is 2.20 bits per heavy atom. The molecule has 80 valence electrons. The SMILES string of the molecule is Cc1cccc(C2(O)C=CC(C)CC2)c1. The molecule has 0 fully saturated rings. The third-order valence-corrected chi connectivity index (χ3v) is 3.20. The molecule has 2 atom stereocenters. The fourth-order valence-electron chi connectivity index (χ4n) is 2.11. The van der Waals surface area contributed by atoms with Crippen molar-refractivity contribution in [2.45, 2.75) is 32.3 Å². The van der Waals surface area contributed by atoms with E-state index in [0.29, 0.717) is 5.92 Å². The van der Waals surface area contributed by atoms with Gasteiger partial charge in [0.2, 0.25) is 0 Å². The summed E-state index contributed by atoms with van der Waals surface area (Å²) in [6, 6.07) is 8.14. The monoisotopic (exact) mass is 202 g/mol. The summed E-state index contributed by atoms with van der Waals surface area (Å²) in [5.41, 5.74) is 1.48. The van der Waals surface area contributed by atoms with Gasteiger partial charge in [-0.05, 0) is 31.2 Å². The van der Waals surface area contributed by atoms with Crippen LogP contribution in [-0.2, 0) is 5.60 Å². The van der Waals surface area contributed by atoms with E-state index in [1.165, 1.54) is 5.56 Å². The third-order valence-electron chi connectivity index (χ3n) is 3.20. The van der Waals surface area contributed by atoms with E-state index in [2.05, 4.69) is 32.1 Å². The molecule has 0 spiro atoms. The van der Waals surface area contributed by atoms with Gasteiger partial charge in [-0.15, -0.1) is 0 Å². The Morgan fingerprint density at radius 1 is 1.40 bits per heavy atom. The second-order valence-electron chi connectivity index (χ2n) is 4.67. The van der Waals surface area contributed by atoms with Crippen molar-refractivity contribution in [3.63, 3.8) is 0 Å². The second-order valence-corrected chi connectivity index (χ2v) is 4.67. The van der Waals surface area contributed by atoms with E-state index < -0.39 is 5.60 Å². The Hall–Kier alpha value is -1.08. The Kier molecular flexibility index (Phi) is 2.66. The van der Waals surface area contributed by atoms with E-state index in [1.807, 2.05) is 18.2 Å². The highest BCUT2D eigenvalue weighted by atomic mass is 16.3. The first kappa shape index (κ1) is 10.4. The standard InChI is InChI=1S/C14H18O/c1-11-6-8-14(15,9-7-11)13-5-3-4-12(2)10-13/h3-6,8,10-11,15H,7,9H2,1-2H3. The molecule has 1 aliphatic rings. The van der Waals surface area contributed by atoms with Crippen LogP contribution in [0, 0.1) is 12.8 Å². The lowest BCUT2D eigenvalue weighted by molar-refractivity contribution is 0.0673. The number of hydrogen-bond donors (Lipinski definition) is 1. The van der Waals surface area contributed by atoms with Crippen molar-refractivity contribution in [1.82, 2.24) is 0 Å². The summed E-state index contributed by atoms with van der Waals surface area (Å²) < 4.78 is 0. The molecule has 1 nitrogen and oxygen atoms in total. The van der Waals surface area contributed by atoms with Crippen LogP contribution in [0.25, 0.3) is 0 Å². The lowest BCUT2D eigenvalue weighted by Gasteiger charge is -2.30. The van der Waals surface area contributed by atoms with Crippen LogP contribution in [0.2, 0.25) is 0 Å². The molecule has 1 heteroatoms. The summed E-state index contributed by atoms with van der Waals surface area (Å²) >= 11 is 0. The number of benzene rings is 1. The molecule has 1 aromatic rings. The largest absolute Gasteiger partial charge is 0.381 e. The summed E-state index contributed by atoms with van der Waals surface area (Å²) in [6.45, 7) is 4.24. The maximum Gasteiger partial charge on any atom is 0.108 e. The van der Waals surface area contributed by atoms with Crippen molar-refractivity contribution in [3.05, 3.63) is 47.5 Å². The van der Waals surface area contributed by atoms with Gasteiger partial charge in [0, 0.05) is 0 Å². The number of aliphatic hydroxyl groups is 1. The fraction of sp³-hybridized carbons (Fsp3) is 0.429. The average molecular weight is 202 g/mol. The number of hydrogen-bond acceptors (Lipinski definition) is 1. The van der Waals surface area contributed by atoms with Crippen molar-refractivity contribution < 1.29 is 5.11 Å². The average Bonchev–Trinajstić information content (AvgIpc) is 2.23. The third kappa shape index (κ3) is 2.13.